The zero-order valence-corrected chi connectivity index (χ0v) is 19.6. The molecule has 0 aliphatic carbocycles. The highest BCUT2D eigenvalue weighted by molar-refractivity contribution is 5.75. The number of unbranched alkanes of at least 4 members (excludes halogenated alkanes) is 14. The van der Waals surface area contributed by atoms with Crippen LogP contribution in [0.25, 0.3) is 0 Å². The number of aliphatic hydroxyl groups is 5. The second-order valence-electron chi connectivity index (χ2n) is 8.68. The Bertz CT molecular complexity index is 412. The van der Waals surface area contributed by atoms with Gasteiger partial charge in [0, 0.05) is 6.42 Å². The van der Waals surface area contributed by atoms with Crippen molar-refractivity contribution >= 4 is 29.0 Å². The van der Waals surface area contributed by atoms with Crippen molar-refractivity contribution in [3.05, 3.63) is 0 Å². The average Bonchev–Trinajstić information content (AvgIpc) is 2.78. The van der Waals surface area contributed by atoms with Crippen LogP contribution in [0.5, 0.6) is 0 Å². The minimum atomic E-state index is -1.71. The van der Waals surface area contributed by atoms with Gasteiger partial charge in [0.2, 0.25) is 0 Å². The third-order valence-electron chi connectivity index (χ3n) is 5.72. The maximum Gasteiger partial charge on any atom is 0.316 e. The Balaban J connectivity index is 0. The molecule has 4 atom stereocenters. The monoisotopic (exact) mass is 474 g/mol. The van der Waals surface area contributed by atoms with Gasteiger partial charge in [0.15, 0.2) is 0 Å². The number of ether oxygens (including phenoxy) is 1. The Morgan fingerprint density at radius 1 is 0.656 bits per heavy atom. The molecule has 0 aromatic carbocycles. The van der Waals surface area contributed by atoms with E-state index in [0.29, 0.717) is 0 Å². The minimum Gasteiger partial charge on any atom is -0.463 e. The first-order chi connectivity index (χ1) is 14.9. The number of rotatable bonds is 22. The quantitative estimate of drug-likeness (QED) is 0.0925. The molecule has 0 saturated carbocycles. The summed E-state index contributed by atoms with van der Waals surface area (Å²) >= 11 is 0. The van der Waals surface area contributed by atoms with Crippen LogP contribution in [0, 0.1) is 0 Å². The molecule has 7 nitrogen and oxygen atoms in total. The van der Waals surface area contributed by atoms with Crippen LogP contribution in [0.4, 0.5) is 0 Å². The third-order valence-corrected chi connectivity index (χ3v) is 5.72. The lowest BCUT2D eigenvalue weighted by atomic mass is 10.0. The Labute approximate surface area is 211 Å². The summed E-state index contributed by atoms with van der Waals surface area (Å²) in [5, 5.41) is 46.8. The number of esters is 1. The van der Waals surface area contributed by atoms with E-state index < -0.39 is 43.6 Å². The van der Waals surface area contributed by atoms with E-state index in [0.717, 1.165) is 19.3 Å². The molecule has 0 amide bonds. The van der Waals surface area contributed by atoms with Gasteiger partial charge in [-0.05, 0) is 6.42 Å². The van der Waals surface area contributed by atoms with Gasteiger partial charge in [-0.1, -0.05) is 96.8 Å². The van der Waals surface area contributed by atoms with Crippen molar-refractivity contribution in [2.75, 3.05) is 13.2 Å². The Morgan fingerprint density at radius 3 is 1.44 bits per heavy atom. The van der Waals surface area contributed by atoms with Crippen molar-refractivity contribution in [2.45, 2.75) is 134 Å². The van der Waals surface area contributed by atoms with Crippen molar-refractivity contribution in [3.8, 4) is 0 Å². The summed E-state index contributed by atoms with van der Waals surface area (Å²) < 4.78 is 4.90. The molecular weight excluding hydrogens is 425 g/mol. The van der Waals surface area contributed by atoms with E-state index in [1.165, 1.54) is 77.0 Å². The SMILES string of the molecule is CCCCCCCCCCCCCCCCCC(=O)OC[C@@H](O)[C@@H](O)[C@H](O)[C@H](O)CO.[MgH2]. The van der Waals surface area contributed by atoms with E-state index in [9.17, 15) is 25.2 Å². The highest BCUT2D eigenvalue weighted by Gasteiger charge is 2.30. The van der Waals surface area contributed by atoms with Gasteiger partial charge >= 0.3 is 29.0 Å². The Morgan fingerprint density at radius 2 is 1.03 bits per heavy atom. The van der Waals surface area contributed by atoms with Crippen LogP contribution >= 0.6 is 0 Å². The molecule has 0 aliphatic rings. The molecule has 0 aliphatic heterocycles. The Hall–Kier alpha value is 0.0362. The fourth-order valence-electron chi connectivity index (χ4n) is 3.55. The standard InChI is InChI=1S/C24H48O7.Mg.2H/c1-2-3-4-5-6-7-8-9-10-11-12-13-14-15-16-17-22(28)31-19-21(27)24(30)23(29)20(26)18-25;;;/h20-21,23-27,29-30H,2-19H2,1H3;;;/t20-,21-,23-,24-;;;/m1.../s1. The van der Waals surface area contributed by atoms with E-state index in [-0.39, 0.29) is 29.5 Å². The van der Waals surface area contributed by atoms with E-state index in [4.69, 9.17) is 9.84 Å². The number of carbonyl (C=O) groups excluding carboxylic acids is 1. The molecular formula is C24H50MgO7. The smallest absolute Gasteiger partial charge is 0.316 e. The van der Waals surface area contributed by atoms with Crippen LogP contribution in [0.15, 0.2) is 0 Å². The molecule has 0 rings (SSSR count). The van der Waals surface area contributed by atoms with Crippen LogP contribution in [-0.4, -0.2) is 92.2 Å². The maximum atomic E-state index is 11.7. The zero-order valence-electron chi connectivity index (χ0n) is 19.6. The first-order valence-corrected chi connectivity index (χ1v) is 12.4. The van der Waals surface area contributed by atoms with Crippen molar-refractivity contribution < 1.29 is 35.1 Å². The summed E-state index contributed by atoms with van der Waals surface area (Å²) in [5.74, 6) is -0.460. The average molecular weight is 475 g/mol. The maximum absolute atomic E-state index is 11.7. The Kier molecular flexibility index (Phi) is 25.8. The fourth-order valence-corrected chi connectivity index (χ4v) is 3.55. The molecule has 0 bridgehead atoms. The highest BCUT2D eigenvalue weighted by atomic mass is 24.3. The van der Waals surface area contributed by atoms with Crippen LogP contribution in [0.3, 0.4) is 0 Å². The molecule has 0 saturated heterocycles. The predicted molar refractivity (Wildman–Crippen MR) is 130 cm³/mol. The summed E-state index contributed by atoms with van der Waals surface area (Å²) in [6.07, 6.45) is 12.5. The van der Waals surface area contributed by atoms with Crippen molar-refractivity contribution in [2.24, 2.45) is 0 Å². The molecule has 32 heavy (non-hydrogen) atoms. The molecule has 0 aromatic rings. The summed E-state index contributed by atoms with van der Waals surface area (Å²) in [6, 6.07) is 0. The summed E-state index contributed by atoms with van der Waals surface area (Å²) in [6.45, 7) is 1.04. The third kappa shape index (κ3) is 19.5. The normalized spacial score (nSPS) is 14.9. The molecule has 0 spiro atoms. The largest absolute Gasteiger partial charge is 0.463 e. The summed E-state index contributed by atoms with van der Waals surface area (Å²) in [5.41, 5.74) is 0. The van der Waals surface area contributed by atoms with Gasteiger partial charge < -0.3 is 30.3 Å². The molecule has 0 aromatic heterocycles. The van der Waals surface area contributed by atoms with Gasteiger partial charge in [0.1, 0.15) is 31.0 Å². The van der Waals surface area contributed by atoms with Gasteiger partial charge in [-0.25, -0.2) is 0 Å². The van der Waals surface area contributed by atoms with Crippen molar-refractivity contribution in [1.82, 2.24) is 0 Å². The lowest BCUT2D eigenvalue weighted by molar-refractivity contribution is -0.156. The minimum absolute atomic E-state index is 0. The molecule has 0 radical (unpaired) electrons. The van der Waals surface area contributed by atoms with Gasteiger partial charge in [-0.3, -0.25) is 4.79 Å². The van der Waals surface area contributed by atoms with E-state index in [1.54, 1.807) is 0 Å². The van der Waals surface area contributed by atoms with Crippen LogP contribution in [-0.2, 0) is 9.53 Å². The van der Waals surface area contributed by atoms with Crippen LogP contribution in [0.1, 0.15) is 110 Å². The predicted octanol–water partition coefficient (Wildman–Crippen LogP) is 2.31. The summed E-state index contributed by atoms with van der Waals surface area (Å²) in [7, 11) is 0. The van der Waals surface area contributed by atoms with Crippen LogP contribution < -0.4 is 0 Å². The molecule has 0 unspecified atom stereocenters. The van der Waals surface area contributed by atoms with Gasteiger partial charge in [0.05, 0.1) is 6.61 Å². The van der Waals surface area contributed by atoms with E-state index in [1.807, 2.05) is 0 Å². The molecule has 0 heterocycles. The number of carbonyl (C=O) groups is 1. The first-order valence-electron chi connectivity index (χ1n) is 12.4. The zero-order chi connectivity index (χ0) is 23.3. The first kappa shape index (κ1) is 34.2. The second-order valence-corrected chi connectivity index (χ2v) is 8.68. The second kappa shape index (κ2) is 24.2. The van der Waals surface area contributed by atoms with Crippen molar-refractivity contribution in [3.63, 3.8) is 0 Å². The number of aliphatic hydroxyl groups excluding tert-OH is 5. The van der Waals surface area contributed by atoms with Gasteiger partial charge in [-0.2, -0.15) is 0 Å². The number of hydrogen-bond acceptors (Lipinski definition) is 7. The lowest BCUT2D eigenvalue weighted by Crippen LogP contribution is -2.47. The summed E-state index contributed by atoms with van der Waals surface area (Å²) in [4.78, 5) is 11.7. The highest BCUT2D eigenvalue weighted by Crippen LogP contribution is 2.14. The molecule has 190 valence electrons. The topological polar surface area (TPSA) is 127 Å². The number of hydrogen-bond donors (Lipinski definition) is 5. The molecule has 8 heteroatoms. The van der Waals surface area contributed by atoms with Crippen LogP contribution in [0.2, 0.25) is 0 Å². The molecule has 0 fully saturated rings. The fraction of sp³-hybridized carbons (Fsp3) is 0.958. The van der Waals surface area contributed by atoms with Crippen molar-refractivity contribution in [1.29, 1.82) is 0 Å². The molecule has 5 N–H and O–H groups in total. The van der Waals surface area contributed by atoms with Gasteiger partial charge in [-0.15, -0.1) is 0 Å². The van der Waals surface area contributed by atoms with E-state index in [2.05, 4.69) is 6.92 Å². The lowest BCUT2D eigenvalue weighted by Gasteiger charge is -2.25. The van der Waals surface area contributed by atoms with Gasteiger partial charge in [0.25, 0.3) is 0 Å². The van der Waals surface area contributed by atoms with E-state index >= 15 is 0 Å².